The van der Waals surface area contributed by atoms with Crippen molar-refractivity contribution in [3.63, 3.8) is 0 Å². The monoisotopic (exact) mass is 346 g/mol. The molecule has 25 heavy (non-hydrogen) atoms. The highest BCUT2D eigenvalue weighted by atomic mass is 16.5. The zero-order chi connectivity index (χ0) is 18.0. The highest BCUT2D eigenvalue weighted by Crippen LogP contribution is 2.64. The lowest BCUT2D eigenvalue weighted by molar-refractivity contribution is -0.166. The summed E-state index contributed by atoms with van der Waals surface area (Å²) in [6, 6.07) is 0. The van der Waals surface area contributed by atoms with Crippen molar-refractivity contribution in [2.45, 2.75) is 78.2 Å². The molecule has 4 aliphatic carbocycles. The number of esters is 1. The minimum Gasteiger partial charge on any atom is -0.463 e. The van der Waals surface area contributed by atoms with Crippen molar-refractivity contribution in [2.24, 2.45) is 34.5 Å². The van der Waals surface area contributed by atoms with Crippen LogP contribution in [-0.4, -0.2) is 23.6 Å². The van der Waals surface area contributed by atoms with E-state index in [1.807, 2.05) is 0 Å². The van der Waals surface area contributed by atoms with Gasteiger partial charge in [-0.2, -0.15) is 0 Å². The summed E-state index contributed by atoms with van der Waals surface area (Å²) in [4.78, 5) is 36.9. The SMILES string of the molecule is CC(=O)O[C@@H]1CC[C@@]2(C)[C@@H](CC(=O)[C@@H]3[C@H]2CC[C@]2(C)C(=O)CC[C@H]32)C1. The van der Waals surface area contributed by atoms with Gasteiger partial charge in [0.25, 0.3) is 0 Å². The summed E-state index contributed by atoms with van der Waals surface area (Å²) in [5, 5.41) is 0. The van der Waals surface area contributed by atoms with Crippen LogP contribution in [0, 0.1) is 34.5 Å². The van der Waals surface area contributed by atoms with Crippen molar-refractivity contribution >= 4 is 17.5 Å². The van der Waals surface area contributed by atoms with Crippen molar-refractivity contribution in [3.8, 4) is 0 Å². The molecule has 4 nitrogen and oxygen atoms in total. The molecule has 0 unspecified atom stereocenters. The number of rotatable bonds is 1. The molecular formula is C21H30O4. The Morgan fingerprint density at radius 2 is 1.84 bits per heavy atom. The Labute approximate surface area is 150 Å². The summed E-state index contributed by atoms with van der Waals surface area (Å²) in [5.41, 5.74) is -0.100. The maximum absolute atomic E-state index is 13.1. The molecule has 4 aliphatic rings. The molecule has 0 aliphatic heterocycles. The van der Waals surface area contributed by atoms with Crippen LogP contribution in [0.4, 0.5) is 0 Å². The van der Waals surface area contributed by atoms with Crippen molar-refractivity contribution in [1.29, 1.82) is 0 Å². The van der Waals surface area contributed by atoms with E-state index in [1.54, 1.807) is 0 Å². The Balaban J connectivity index is 1.60. The molecule has 0 aromatic carbocycles. The average Bonchev–Trinajstić information content (AvgIpc) is 2.84. The molecule has 4 saturated carbocycles. The standard InChI is InChI=1S/C21H30O4/c1-12(22)25-14-6-8-20(2)13(10-14)11-17(23)19-15-4-5-18(24)21(15,3)9-7-16(19)20/h13-16,19H,4-11H2,1-3H3/t13-,14-,15-,16-,19+,20+,21+/m1/s1. The summed E-state index contributed by atoms with van der Waals surface area (Å²) in [6.45, 7) is 5.95. The second-order valence-electron chi connectivity index (χ2n) is 9.54. The fourth-order valence-corrected chi connectivity index (χ4v) is 7.01. The van der Waals surface area contributed by atoms with Gasteiger partial charge >= 0.3 is 5.97 Å². The highest BCUT2D eigenvalue weighted by Gasteiger charge is 2.62. The number of ether oxygens (including phenoxy) is 1. The maximum atomic E-state index is 13.1. The number of carbonyl (C=O) groups is 3. The lowest BCUT2D eigenvalue weighted by Gasteiger charge is -2.59. The van der Waals surface area contributed by atoms with E-state index in [0.29, 0.717) is 36.2 Å². The third-order valence-corrected chi connectivity index (χ3v) is 8.46. The van der Waals surface area contributed by atoms with Gasteiger partial charge in [-0.1, -0.05) is 13.8 Å². The average molecular weight is 346 g/mol. The summed E-state index contributed by atoms with van der Waals surface area (Å²) >= 11 is 0. The van der Waals surface area contributed by atoms with Gasteiger partial charge in [0.15, 0.2) is 0 Å². The first-order valence-electron chi connectivity index (χ1n) is 9.99. The fourth-order valence-electron chi connectivity index (χ4n) is 7.01. The first-order chi connectivity index (χ1) is 11.8. The molecule has 7 atom stereocenters. The molecule has 0 N–H and O–H groups in total. The van der Waals surface area contributed by atoms with E-state index in [0.717, 1.165) is 38.5 Å². The first-order valence-corrected chi connectivity index (χ1v) is 9.99. The van der Waals surface area contributed by atoms with E-state index < -0.39 is 0 Å². The van der Waals surface area contributed by atoms with Crippen LogP contribution in [0.3, 0.4) is 0 Å². The maximum Gasteiger partial charge on any atom is 0.302 e. The number of hydrogen-bond acceptors (Lipinski definition) is 4. The van der Waals surface area contributed by atoms with E-state index in [4.69, 9.17) is 4.74 Å². The Morgan fingerprint density at radius 1 is 1.08 bits per heavy atom. The zero-order valence-electron chi connectivity index (χ0n) is 15.7. The fraction of sp³-hybridized carbons (Fsp3) is 0.857. The van der Waals surface area contributed by atoms with Crippen molar-refractivity contribution < 1.29 is 19.1 Å². The normalized spacial score (nSPS) is 49.2. The minimum atomic E-state index is -0.255. The molecular weight excluding hydrogens is 316 g/mol. The molecule has 0 bridgehead atoms. The largest absolute Gasteiger partial charge is 0.463 e. The molecule has 4 rings (SSSR count). The molecule has 4 heteroatoms. The molecule has 0 heterocycles. The molecule has 0 amide bonds. The lowest BCUT2D eigenvalue weighted by Crippen LogP contribution is -2.57. The molecule has 138 valence electrons. The van der Waals surface area contributed by atoms with Crippen LogP contribution < -0.4 is 0 Å². The van der Waals surface area contributed by atoms with Crippen LogP contribution in [0.25, 0.3) is 0 Å². The topological polar surface area (TPSA) is 60.4 Å². The third kappa shape index (κ3) is 2.43. The number of Topliss-reactive ketones (excluding diaryl/α,β-unsaturated/α-hetero) is 2. The predicted octanol–water partition coefficient (Wildman–Crippen LogP) is 3.71. The van der Waals surface area contributed by atoms with Crippen LogP contribution in [0.5, 0.6) is 0 Å². The number of fused-ring (bicyclic) bond motifs is 5. The van der Waals surface area contributed by atoms with Gasteiger partial charge in [-0.3, -0.25) is 14.4 Å². The molecule has 4 fully saturated rings. The van der Waals surface area contributed by atoms with Gasteiger partial charge in [-0.15, -0.1) is 0 Å². The molecule has 0 aromatic heterocycles. The quantitative estimate of drug-likeness (QED) is 0.679. The number of ketones is 2. The first kappa shape index (κ1) is 17.2. The van der Waals surface area contributed by atoms with Crippen LogP contribution >= 0.6 is 0 Å². The molecule has 0 saturated heterocycles. The van der Waals surface area contributed by atoms with E-state index >= 15 is 0 Å². The second kappa shape index (κ2) is 5.65. The second-order valence-corrected chi connectivity index (χ2v) is 9.54. The summed E-state index contributed by atoms with van der Waals surface area (Å²) in [7, 11) is 0. The van der Waals surface area contributed by atoms with Crippen LogP contribution in [0.1, 0.15) is 72.1 Å². The Hall–Kier alpha value is -1.19. The third-order valence-electron chi connectivity index (χ3n) is 8.46. The molecule has 0 aromatic rings. The number of carbonyl (C=O) groups excluding carboxylic acids is 3. The summed E-state index contributed by atoms with van der Waals surface area (Å²) in [5.74, 6) is 1.61. The Kier molecular flexibility index (Phi) is 3.90. The van der Waals surface area contributed by atoms with E-state index in [1.165, 1.54) is 6.92 Å². The van der Waals surface area contributed by atoms with Crippen LogP contribution in [-0.2, 0) is 19.1 Å². The predicted molar refractivity (Wildman–Crippen MR) is 92.7 cm³/mol. The Bertz CT molecular complexity index is 625. The van der Waals surface area contributed by atoms with Gasteiger partial charge < -0.3 is 4.74 Å². The van der Waals surface area contributed by atoms with Gasteiger partial charge in [-0.25, -0.2) is 0 Å². The van der Waals surface area contributed by atoms with Crippen molar-refractivity contribution in [1.82, 2.24) is 0 Å². The number of hydrogen-bond donors (Lipinski definition) is 0. The van der Waals surface area contributed by atoms with Gasteiger partial charge in [0, 0.05) is 31.1 Å². The van der Waals surface area contributed by atoms with Crippen LogP contribution in [0.15, 0.2) is 0 Å². The van der Waals surface area contributed by atoms with Crippen LogP contribution in [0.2, 0.25) is 0 Å². The Morgan fingerprint density at radius 3 is 2.56 bits per heavy atom. The smallest absolute Gasteiger partial charge is 0.302 e. The van der Waals surface area contributed by atoms with E-state index in [-0.39, 0.29) is 34.7 Å². The van der Waals surface area contributed by atoms with Gasteiger partial charge in [0.05, 0.1) is 0 Å². The highest BCUT2D eigenvalue weighted by molar-refractivity contribution is 5.90. The lowest BCUT2D eigenvalue weighted by atomic mass is 9.45. The van der Waals surface area contributed by atoms with E-state index in [2.05, 4.69) is 13.8 Å². The molecule has 0 radical (unpaired) electrons. The van der Waals surface area contributed by atoms with Crippen molar-refractivity contribution in [3.05, 3.63) is 0 Å². The van der Waals surface area contributed by atoms with E-state index in [9.17, 15) is 14.4 Å². The van der Waals surface area contributed by atoms with Crippen molar-refractivity contribution in [2.75, 3.05) is 0 Å². The van der Waals surface area contributed by atoms with Gasteiger partial charge in [0.2, 0.25) is 0 Å². The minimum absolute atomic E-state index is 0.0261. The summed E-state index contributed by atoms with van der Waals surface area (Å²) in [6.07, 6.45) is 6.85. The zero-order valence-corrected chi connectivity index (χ0v) is 15.7. The van der Waals surface area contributed by atoms with Gasteiger partial charge in [-0.05, 0) is 61.7 Å². The van der Waals surface area contributed by atoms with Gasteiger partial charge in [0.1, 0.15) is 17.7 Å². The molecule has 0 spiro atoms. The summed E-state index contributed by atoms with van der Waals surface area (Å²) < 4.78 is 5.46.